The van der Waals surface area contributed by atoms with E-state index in [1.54, 1.807) is 51.1 Å². The number of urea groups is 1. The van der Waals surface area contributed by atoms with E-state index in [1.807, 2.05) is 6.07 Å². The Balaban J connectivity index is 1.58. The van der Waals surface area contributed by atoms with E-state index in [0.717, 1.165) is 16.7 Å². The fourth-order valence-electron chi connectivity index (χ4n) is 5.34. The Kier molecular flexibility index (Phi) is 10.1. The summed E-state index contributed by atoms with van der Waals surface area (Å²) < 4.78 is 47.4. The highest BCUT2D eigenvalue weighted by atomic mass is 35.5. The van der Waals surface area contributed by atoms with Gasteiger partial charge in [-0.15, -0.1) is 11.8 Å². The molecule has 1 aliphatic heterocycles. The summed E-state index contributed by atoms with van der Waals surface area (Å²) in [6.07, 6.45) is -0.631. The summed E-state index contributed by atoms with van der Waals surface area (Å²) in [7, 11) is 0. The number of amides is 4. The number of imide groups is 1. The van der Waals surface area contributed by atoms with Crippen LogP contribution in [0.3, 0.4) is 0 Å². The first-order valence-electron chi connectivity index (χ1n) is 14.9. The van der Waals surface area contributed by atoms with E-state index in [-0.39, 0.29) is 28.6 Å². The molecule has 3 aromatic rings. The van der Waals surface area contributed by atoms with E-state index in [9.17, 15) is 32.8 Å². The summed E-state index contributed by atoms with van der Waals surface area (Å²) in [4.78, 5) is 47.6. The van der Waals surface area contributed by atoms with Crippen molar-refractivity contribution < 1.29 is 32.3 Å². The van der Waals surface area contributed by atoms with Gasteiger partial charge in [-0.3, -0.25) is 9.69 Å². The zero-order chi connectivity index (χ0) is 34.8. The molecule has 0 bridgehead atoms. The molecule has 4 amide bonds. The van der Waals surface area contributed by atoms with Crippen LogP contribution in [0.5, 0.6) is 0 Å². The molecular weight excluding hydrogens is 669 g/mol. The minimum Gasteiger partial charge on any atom is -0.443 e. The third kappa shape index (κ3) is 8.14. The Morgan fingerprint density at radius 2 is 1.88 bits per heavy atom. The van der Waals surface area contributed by atoms with Gasteiger partial charge < -0.3 is 15.4 Å². The molecule has 1 saturated heterocycles. The van der Waals surface area contributed by atoms with E-state index >= 15 is 0 Å². The van der Waals surface area contributed by atoms with Crippen LogP contribution in [0.1, 0.15) is 50.7 Å². The van der Waals surface area contributed by atoms with Crippen LogP contribution < -0.4 is 15.5 Å². The molecule has 1 aliphatic carbocycles. The summed E-state index contributed by atoms with van der Waals surface area (Å²) in [5.74, 6) is -5.21. The van der Waals surface area contributed by atoms with Crippen molar-refractivity contribution in [2.24, 2.45) is 0 Å². The molecular formula is C33H32ClF3N6O4S. The molecule has 0 spiro atoms. The molecule has 2 aliphatic rings. The van der Waals surface area contributed by atoms with Gasteiger partial charge in [0.05, 0.1) is 29.5 Å². The number of rotatable bonds is 9. The number of nitriles is 1. The van der Waals surface area contributed by atoms with Crippen LogP contribution in [0.4, 0.5) is 34.3 Å². The van der Waals surface area contributed by atoms with Crippen LogP contribution in [0.15, 0.2) is 66.9 Å². The summed E-state index contributed by atoms with van der Waals surface area (Å²) in [5.41, 5.74) is -0.114. The van der Waals surface area contributed by atoms with E-state index in [4.69, 9.17) is 16.3 Å². The highest BCUT2D eigenvalue weighted by Crippen LogP contribution is 2.42. The number of anilines is 2. The summed E-state index contributed by atoms with van der Waals surface area (Å²) in [6.45, 7) is 4.72. The van der Waals surface area contributed by atoms with Gasteiger partial charge in [0.1, 0.15) is 22.6 Å². The average molecular weight is 701 g/mol. The normalized spacial score (nSPS) is 18.8. The van der Waals surface area contributed by atoms with Gasteiger partial charge in [-0.05, 0) is 62.7 Å². The lowest BCUT2D eigenvalue weighted by Gasteiger charge is -2.38. The number of benzene rings is 2. The zero-order valence-electron chi connectivity index (χ0n) is 26.1. The van der Waals surface area contributed by atoms with Crippen LogP contribution in [0.2, 0.25) is 5.02 Å². The van der Waals surface area contributed by atoms with E-state index in [2.05, 4.69) is 15.6 Å². The fourth-order valence-corrected chi connectivity index (χ4v) is 7.12. The van der Waals surface area contributed by atoms with Crippen LogP contribution in [0.25, 0.3) is 0 Å². The minimum absolute atomic E-state index is 0.0579. The second-order valence-corrected chi connectivity index (χ2v) is 14.1. The Hall–Kier alpha value is -4.48. The second kappa shape index (κ2) is 13.9. The number of hydrogen-bond donors (Lipinski definition) is 2. The quantitative estimate of drug-likeness (QED) is 0.226. The third-order valence-corrected chi connectivity index (χ3v) is 9.20. The van der Waals surface area contributed by atoms with Gasteiger partial charge in [-0.25, -0.2) is 32.6 Å². The standard InChI is InChI=1S/C33H32ClF3N6O4S/c1-32(2,3)47-31(46)42-18-26(43(30(42)45)25-13-19(17-38)11-12-39-25)48-29(41-21-8-6-7-20(35)14-21)27(23-9-4-5-10-24(23)34)28(44)40-22-15-33(36,37)16-22/h4-14,22,26-27,29,41H,15-16,18H2,1-3H3,(H,40,44)/t26-,27?,29?/m0/s1. The average Bonchev–Trinajstić information content (AvgIpc) is 3.32. The van der Waals surface area contributed by atoms with Gasteiger partial charge in [-0.1, -0.05) is 35.9 Å². The van der Waals surface area contributed by atoms with Crippen molar-refractivity contribution in [3.63, 3.8) is 0 Å². The first-order chi connectivity index (χ1) is 22.6. The Bertz CT molecular complexity index is 1740. The number of alkyl halides is 2. The van der Waals surface area contributed by atoms with Gasteiger partial charge in [0.15, 0.2) is 0 Å². The molecule has 2 heterocycles. The summed E-state index contributed by atoms with van der Waals surface area (Å²) >= 11 is 7.65. The number of pyridine rings is 1. The number of halogens is 4. The van der Waals surface area contributed by atoms with Crippen LogP contribution >= 0.6 is 23.4 Å². The SMILES string of the molecule is CC(C)(C)OC(=O)N1C[C@H](SC(Nc2cccc(F)c2)C(C(=O)NC2CC(F)(F)C2)c2ccccc2Cl)N(c2cc(C#N)ccn2)C1=O. The van der Waals surface area contributed by atoms with Crippen LogP contribution in [-0.2, 0) is 9.53 Å². The molecule has 2 N–H and O–H groups in total. The summed E-state index contributed by atoms with van der Waals surface area (Å²) in [6, 6.07) is 15.3. The van der Waals surface area contributed by atoms with E-state index < -0.39 is 70.9 Å². The largest absolute Gasteiger partial charge is 0.443 e. The Labute approximate surface area is 284 Å². The number of nitrogens with zero attached hydrogens (tertiary/aromatic N) is 4. The lowest BCUT2D eigenvalue weighted by Crippen LogP contribution is -2.53. The number of hydrogen-bond acceptors (Lipinski definition) is 8. The molecule has 48 heavy (non-hydrogen) atoms. The van der Waals surface area contributed by atoms with Crippen molar-refractivity contribution in [2.45, 2.75) is 67.8 Å². The molecule has 10 nitrogen and oxygen atoms in total. The maximum Gasteiger partial charge on any atom is 0.418 e. The number of aromatic nitrogens is 1. The fraction of sp³-hybridized carbons (Fsp3) is 0.364. The van der Waals surface area contributed by atoms with E-state index in [0.29, 0.717) is 5.56 Å². The Morgan fingerprint density at radius 1 is 1.15 bits per heavy atom. The second-order valence-electron chi connectivity index (χ2n) is 12.4. The zero-order valence-corrected chi connectivity index (χ0v) is 27.7. The molecule has 3 atom stereocenters. The molecule has 5 rings (SSSR count). The van der Waals surface area contributed by atoms with Gasteiger partial charge in [0, 0.05) is 35.8 Å². The van der Waals surface area contributed by atoms with Crippen molar-refractivity contribution in [1.29, 1.82) is 5.26 Å². The molecule has 1 aromatic heterocycles. The molecule has 0 radical (unpaired) electrons. The first-order valence-corrected chi connectivity index (χ1v) is 16.3. The Morgan fingerprint density at radius 3 is 2.52 bits per heavy atom. The third-order valence-electron chi connectivity index (χ3n) is 7.50. The van der Waals surface area contributed by atoms with Gasteiger partial charge in [0.2, 0.25) is 5.91 Å². The van der Waals surface area contributed by atoms with E-state index in [1.165, 1.54) is 41.4 Å². The van der Waals surface area contributed by atoms with Crippen LogP contribution in [0, 0.1) is 17.1 Å². The van der Waals surface area contributed by atoms with Crippen molar-refractivity contribution in [1.82, 2.24) is 15.2 Å². The van der Waals surface area contributed by atoms with Crippen molar-refractivity contribution in [3.8, 4) is 6.07 Å². The minimum atomic E-state index is -2.90. The molecule has 2 aromatic carbocycles. The van der Waals surface area contributed by atoms with Gasteiger partial charge in [-0.2, -0.15) is 5.26 Å². The highest BCUT2D eigenvalue weighted by molar-refractivity contribution is 8.00. The van der Waals surface area contributed by atoms with Gasteiger partial charge >= 0.3 is 12.1 Å². The lowest BCUT2D eigenvalue weighted by molar-refractivity contribution is -0.130. The lowest BCUT2D eigenvalue weighted by atomic mass is 9.87. The molecule has 2 fully saturated rings. The monoisotopic (exact) mass is 700 g/mol. The predicted octanol–water partition coefficient (Wildman–Crippen LogP) is 7.12. The van der Waals surface area contributed by atoms with Crippen molar-refractivity contribution in [3.05, 3.63) is 88.8 Å². The summed E-state index contributed by atoms with van der Waals surface area (Å²) in [5, 5.41) is 13.6. The number of nitrogens with one attached hydrogen (secondary N) is 2. The molecule has 15 heteroatoms. The highest BCUT2D eigenvalue weighted by Gasteiger charge is 2.49. The van der Waals surface area contributed by atoms with Crippen molar-refractivity contribution >= 4 is 52.9 Å². The number of ether oxygens (including phenoxy) is 1. The van der Waals surface area contributed by atoms with Gasteiger partial charge in [0.25, 0.3) is 5.92 Å². The molecule has 252 valence electrons. The molecule has 2 unspecified atom stereocenters. The first kappa shape index (κ1) is 34.8. The number of carbonyl (C=O) groups is 3. The maximum absolute atomic E-state index is 14.4. The number of thioether (sulfide) groups is 1. The predicted molar refractivity (Wildman–Crippen MR) is 175 cm³/mol. The smallest absolute Gasteiger partial charge is 0.418 e. The molecule has 1 saturated carbocycles. The number of carbonyl (C=O) groups excluding carboxylic acids is 3. The van der Waals surface area contributed by atoms with Crippen LogP contribution in [-0.4, -0.2) is 62.8 Å². The topological polar surface area (TPSA) is 128 Å². The van der Waals surface area contributed by atoms with Crippen molar-refractivity contribution in [2.75, 3.05) is 16.8 Å². The maximum atomic E-state index is 14.4.